The van der Waals surface area contributed by atoms with Crippen LogP contribution in [0.4, 0.5) is 4.39 Å². The number of hydrogen-bond donors (Lipinski definition) is 0. The minimum atomic E-state index is -0.399. The molecule has 0 radical (unpaired) electrons. The summed E-state index contributed by atoms with van der Waals surface area (Å²) >= 11 is 6.04. The lowest BCUT2D eigenvalue weighted by atomic mass is 9.98. The standard InChI is InChI=1S/C20H13ClFN3O/c1-25-18-9-12(4-7-17(18)24-11-19(25)26)14-3-2-8-23-20(14)15-10-13(21)5-6-16(15)22/h2-11H,1H3. The van der Waals surface area contributed by atoms with Crippen LogP contribution in [0, 0.1) is 5.82 Å². The second-order valence-electron chi connectivity index (χ2n) is 5.88. The predicted molar refractivity (Wildman–Crippen MR) is 101 cm³/mol. The highest BCUT2D eigenvalue weighted by Crippen LogP contribution is 2.33. The van der Waals surface area contributed by atoms with Crippen LogP contribution in [0.1, 0.15) is 0 Å². The van der Waals surface area contributed by atoms with E-state index in [9.17, 15) is 9.18 Å². The van der Waals surface area contributed by atoms with Gasteiger partial charge in [-0.3, -0.25) is 9.78 Å². The van der Waals surface area contributed by atoms with Crippen LogP contribution in [0.3, 0.4) is 0 Å². The van der Waals surface area contributed by atoms with E-state index in [2.05, 4.69) is 9.97 Å². The molecular weight excluding hydrogens is 353 g/mol. The van der Waals surface area contributed by atoms with Crippen LogP contribution in [0.5, 0.6) is 0 Å². The summed E-state index contributed by atoms with van der Waals surface area (Å²) in [6, 6.07) is 13.6. The second-order valence-corrected chi connectivity index (χ2v) is 6.32. The van der Waals surface area contributed by atoms with Crippen molar-refractivity contribution in [2.24, 2.45) is 7.05 Å². The molecule has 0 aliphatic heterocycles. The van der Waals surface area contributed by atoms with Crippen molar-refractivity contribution in [2.75, 3.05) is 0 Å². The van der Waals surface area contributed by atoms with Gasteiger partial charge in [-0.2, -0.15) is 0 Å². The van der Waals surface area contributed by atoms with E-state index in [1.54, 1.807) is 25.4 Å². The summed E-state index contributed by atoms with van der Waals surface area (Å²) in [5.41, 5.74) is 3.57. The molecule has 0 atom stereocenters. The minimum absolute atomic E-state index is 0.193. The molecule has 2 aromatic heterocycles. The van der Waals surface area contributed by atoms with Gasteiger partial charge in [-0.15, -0.1) is 0 Å². The van der Waals surface area contributed by atoms with Crippen LogP contribution >= 0.6 is 11.6 Å². The monoisotopic (exact) mass is 365 g/mol. The van der Waals surface area contributed by atoms with Gasteiger partial charge in [-0.1, -0.05) is 23.7 Å². The first-order valence-electron chi connectivity index (χ1n) is 7.91. The number of nitrogens with zero attached hydrogens (tertiary/aromatic N) is 3. The third kappa shape index (κ3) is 2.76. The average molecular weight is 366 g/mol. The molecule has 0 saturated carbocycles. The number of aromatic nitrogens is 3. The number of rotatable bonds is 2. The Morgan fingerprint density at radius 2 is 1.88 bits per heavy atom. The van der Waals surface area contributed by atoms with Crippen molar-refractivity contribution in [1.82, 2.24) is 14.5 Å². The van der Waals surface area contributed by atoms with Crippen molar-refractivity contribution < 1.29 is 4.39 Å². The fraction of sp³-hybridized carbons (Fsp3) is 0.0500. The van der Waals surface area contributed by atoms with Crippen LogP contribution in [0.15, 0.2) is 65.7 Å². The molecule has 2 heterocycles. The first-order valence-corrected chi connectivity index (χ1v) is 8.29. The van der Waals surface area contributed by atoms with Crippen molar-refractivity contribution in [1.29, 1.82) is 0 Å². The van der Waals surface area contributed by atoms with E-state index >= 15 is 0 Å². The first-order chi connectivity index (χ1) is 12.5. The topological polar surface area (TPSA) is 47.8 Å². The molecule has 0 spiro atoms. The zero-order valence-electron chi connectivity index (χ0n) is 13.8. The maximum atomic E-state index is 14.4. The molecule has 6 heteroatoms. The quantitative estimate of drug-likeness (QED) is 0.527. The van der Waals surface area contributed by atoms with Crippen molar-refractivity contribution >= 4 is 22.6 Å². The number of fused-ring (bicyclic) bond motifs is 1. The summed E-state index contributed by atoms with van der Waals surface area (Å²) in [4.78, 5) is 20.4. The maximum absolute atomic E-state index is 14.4. The molecule has 4 aromatic rings. The van der Waals surface area contributed by atoms with E-state index in [1.807, 2.05) is 24.3 Å². The molecule has 26 heavy (non-hydrogen) atoms. The van der Waals surface area contributed by atoms with Crippen LogP contribution < -0.4 is 5.56 Å². The minimum Gasteiger partial charge on any atom is -0.309 e. The normalized spacial score (nSPS) is 11.0. The van der Waals surface area contributed by atoms with Crippen LogP contribution in [0.25, 0.3) is 33.4 Å². The number of hydrogen-bond acceptors (Lipinski definition) is 3. The van der Waals surface area contributed by atoms with Gasteiger partial charge in [0.05, 0.1) is 22.9 Å². The number of halogens is 2. The molecule has 2 aromatic carbocycles. The molecule has 4 rings (SSSR count). The van der Waals surface area contributed by atoms with E-state index < -0.39 is 5.82 Å². The van der Waals surface area contributed by atoms with Crippen molar-refractivity contribution in [3.8, 4) is 22.4 Å². The lowest BCUT2D eigenvalue weighted by molar-refractivity contribution is 0.631. The molecule has 128 valence electrons. The fourth-order valence-corrected chi connectivity index (χ4v) is 3.10. The third-order valence-corrected chi connectivity index (χ3v) is 4.52. The first kappa shape index (κ1) is 16.4. The summed E-state index contributed by atoms with van der Waals surface area (Å²) < 4.78 is 15.9. The maximum Gasteiger partial charge on any atom is 0.269 e. The van der Waals surface area contributed by atoms with Gasteiger partial charge in [0, 0.05) is 29.4 Å². The molecule has 0 unspecified atom stereocenters. The van der Waals surface area contributed by atoms with E-state index in [1.165, 1.54) is 22.9 Å². The zero-order valence-corrected chi connectivity index (χ0v) is 14.5. The van der Waals surface area contributed by atoms with E-state index in [-0.39, 0.29) is 5.56 Å². The van der Waals surface area contributed by atoms with Crippen LogP contribution in [-0.2, 0) is 7.05 Å². The van der Waals surface area contributed by atoms with Gasteiger partial charge in [0.1, 0.15) is 5.82 Å². The summed E-state index contributed by atoms with van der Waals surface area (Å²) in [6.07, 6.45) is 2.90. The molecular formula is C20H13ClFN3O. The van der Waals surface area contributed by atoms with Crippen molar-refractivity contribution in [2.45, 2.75) is 0 Å². The van der Waals surface area contributed by atoms with Crippen LogP contribution in [-0.4, -0.2) is 14.5 Å². The highest BCUT2D eigenvalue weighted by Gasteiger charge is 2.14. The lowest BCUT2D eigenvalue weighted by Gasteiger charge is -2.12. The van der Waals surface area contributed by atoms with Gasteiger partial charge >= 0.3 is 0 Å². The Kier molecular flexibility index (Phi) is 4.01. The summed E-state index contributed by atoms with van der Waals surface area (Å²) in [7, 11) is 1.69. The third-order valence-electron chi connectivity index (χ3n) is 4.28. The van der Waals surface area contributed by atoms with Crippen LogP contribution in [0.2, 0.25) is 5.02 Å². The van der Waals surface area contributed by atoms with E-state index in [0.717, 1.165) is 11.1 Å². The predicted octanol–water partition coefficient (Wildman–Crippen LogP) is 4.46. The number of aryl methyl sites for hydroxylation is 1. The van der Waals surface area contributed by atoms with Gasteiger partial charge in [0.15, 0.2) is 0 Å². The molecule has 0 N–H and O–H groups in total. The fourth-order valence-electron chi connectivity index (χ4n) is 2.93. The van der Waals surface area contributed by atoms with Gasteiger partial charge < -0.3 is 4.57 Å². The van der Waals surface area contributed by atoms with Crippen molar-refractivity contribution in [3.05, 3.63) is 82.1 Å². The Balaban J connectivity index is 1.98. The molecule has 0 fully saturated rings. The second kappa shape index (κ2) is 6.35. The number of benzene rings is 2. The Morgan fingerprint density at radius 3 is 2.73 bits per heavy atom. The summed E-state index contributed by atoms with van der Waals surface area (Å²) in [5.74, 6) is -0.399. The van der Waals surface area contributed by atoms with Gasteiger partial charge in [0.25, 0.3) is 5.56 Å². The molecule has 0 aliphatic rings. The van der Waals surface area contributed by atoms with Gasteiger partial charge in [0.2, 0.25) is 0 Å². The molecule has 0 bridgehead atoms. The SMILES string of the molecule is Cn1c(=O)cnc2ccc(-c3cccnc3-c3cc(Cl)ccc3F)cc21. The smallest absolute Gasteiger partial charge is 0.269 e. The van der Waals surface area contributed by atoms with E-state index in [0.29, 0.717) is 27.3 Å². The highest BCUT2D eigenvalue weighted by atomic mass is 35.5. The van der Waals surface area contributed by atoms with Gasteiger partial charge in [-0.25, -0.2) is 9.37 Å². The lowest BCUT2D eigenvalue weighted by Crippen LogP contribution is -2.16. The zero-order chi connectivity index (χ0) is 18.3. The highest BCUT2D eigenvalue weighted by molar-refractivity contribution is 6.30. The molecule has 0 saturated heterocycles. The Bertz CT molecular complexity index is 1200. The van der Waals surface area contributed by atoms with Gasteiger partial charge in [-0.05, 0) is 42.0 Å². The summed E-state index contributed by atoms with van der Waals surface area (Å²) in [6.45, 7) is 0. The Hall–Kier alpha value is -3.05. The molecule has 4 nitrogen and oxygen atoms in total. The largest absolute Gasteiger partial charge is 0.309 e. The van der Waals surface area contributed by atoms with E-state index in [4.69, 9.17) is 11.6 Å². The van der Waals surface area contributed by atoms with Crippen molar-refractivity contribution in [3.63, 3.8) is 0 Å². The number of pyridine rings is 1. The molecule has 0 amide bonds. The Morgan fingerprint density at radius 1 is 1.04 bits per heavy atom. The molecule has 0 aliphatic carbocycles. The summed E-state index contributed by atoms with van der Waals surface area (Å²) in [5, 5.41) is 0.433. The Labute approximate surface area is 153 Å². The average Bonchev–Trinajstić information content (AvgIpc) is 2.66.